The van der Waals surface area contributed by atoms with Crippen molar-refractivity contribution in [2.75, 3.05) is 5.73 Å². The summed E-state index contributed by atoms with van der Waals surface area (Å²) in [5.74, 6) is -0.0384. The first kappa shape index (κ1) is 14.8. The van der Waals surface area contributed by atoms with Crippen molar-refractivity contribution in [2.45, 2.75) is 6.54 Å². The Hall–Kier alpha value is -3.12. The van der Waals surface area contributed by atoms with E-state index < -0.39 is 5.97 Å². The number of furan rings is 1. The van der Waals surface area contributed by atoms with Crippen LogP contribution < -0.4 is 11.5 Å². The van der Waals surface area contributed by atoms with Gasteiger partial charge < -0.3 is 21.0 Å². The van der Waals surface area contributed by atoms with Crippen molar-refractivity contribution in [3.05, 3.63) is 59.9 Å². The maximum absolute atomic E-state index is 11.0. The summed E-state index contributed by atoms with van der Waals surface area (Å²) in [4.78, 5) is 15.3. The monoisotopic (exact) mass is 309 g/mol. The zero-order chi connectivity index (χ0) is 16.4. The number of nitrogen functional groups attached to an aromatic ring is 1. The fourth-order valence-corrected chi connectivity index (χ4v) is 2.41. The van der Waals surface area contributed by atoms with Gasteiger partial charge in [0.1, 0.15) is 11.5 Å². The van der Waals surface area contributed by atoms with Crippen molar-refractivity contribution in [1.82, 2.24) is 4.98 Å². The van der Waals surface area contributed by atoms with Crippen molar-refractivity contribution in [3.8, 4) is 22.6 Å². The van der Waals surface area contributed by atoms with E-state index in [-0.39, 0.29) is 12.1 Å². The van der Waals surface area contributed by atoms with Crippen molar-refractivity contribution in [2.24, 2.45) is 5.73 Å². The molecule has 0 radical (unpaired) electrons. The Morgan fingerprint density at radius 2 is 1.96 bits per heavy atom. The molecule has 2 aromatic heterocycles. The average molecular weight is 309 g/mol. The topological polar surface area (TPSA) is 115 Å². The van der Waals surface area contributed by atoms with E-state index in [1.165, 1.54) is 0 Å². The summed E-state index contributed by atoms with van der Waals surface area (Å²) in [7, 11) is 0. The number of anilines is 1. The predicted octanol–water partition coefficient (Wildman–Crippen LogP) is 2.75. The van der Waals surface area contributed by atoms with Crippen LogP contribution in [-0.4, -0.2) is 16.1 Å². The van der Waals surface area contributed by atoms with E-state index in [0.717, 1.165) is 11.1 Å². The Morgan fingerprint density at radius 1 is 1.22 bits per heavy atom. The van der Waals surface area contributed by atoms with Gasteiger partial charge in [-0.05, 0) is 41.5 Å². The first-order chi connectivity index (χ1) is 11.1. The fourth-order valence-electron chi connectivity index (χ4n) is 2.41. The van der Waals surface area contributed by atoms with Crippen LogP contribution in [0.2, 0.25) is 0 Å². The Balaban J connectivity index is 2.14. The lowest BCUT2D eigenvalue weighted by Crippen LogP contribution is -2.07. The van der Waals surface area contributed by atoms with Gasteiger partial charge in [0.05, 0.1) is 11.8 Å². The molecule has 5 N–H and O–H groups in total. The molecule has 6 nitrogen and oxygen atoms in total. The summed E-state index contributed by atoms with van der Waals surface area (Å²) in [6, 6.07) is 11.9. The second kappa shape index (κ2) is 5.94. The summed E-state index contributed by atoms with van der Waals surface area (Å²) in [6.07, 6.45) is 1.56. The fraction of sp³-hybridized carbons (Fsp3) is 0.0588. The largest absolute Gasteiger partial charge is 0.478 e. The maximum atomic E-state index is 11.0. The SMILES string of the molecule is NCc1c(-c2ccc(C(=O)O)cc2)cc(-c2ccco2)nc1N. The summed E-state index contributed by atoms with van der Waals surface area (Å²) in [5, 5.41) is 9.00. The minimum atomic E-state index is -0.971. The van der Waals surface area contributed by atoms with Crippen LogP contribution in [0.5, 0.6) is 0 Å². The second-order valence-electron chi connectivity index (χ2n) is 4.98. The molecule has 0 saturated heterocycles. The lowest BCUT2D eigenvalue weighted by Gasteiger charge is -2.12. The Morgan fingerprint density at radius 3 is 2.52 bits per heavy atom. The quantitative estimate of drug-likeness (QED) is 0.682. The van der Waals surface area contributed by atoms with Gasteiger partial charge >= 0.3 is 5.97 Å². The third kappa shape index (κ3) is 2.79. The zero-order valence-corrected chi connectivity index (χ0v) is 12.2. The van der Waals surface area contributed by atoms with Gasteiger partial charge in [-0.15, -0.1) is 0 Å². The van der Waals surface area contributed by atoms with Crippen molar-refractivity contribution < 1.29 is 14.3 Å². The Labute approximate surface area is 132 Å². The first-order valence-electron chi connectivity index (χ1n) is 6.97. The van der Waals surface area contributed by atoms with Crippen LogP contribution in [0.4, 0.5) is 5.82 Å². The third-order valence-electron chi connectivity index (χ3n) is 3.58. The number of rotatable bonds is 4. The molecule has 0 spiro atoms. The summed E-state index contributed by atoms with van der Waals surface area (Å²) >= 11 is 0. The van der Waals surface area contributed by atoms with Crippen molar-refractivity contribution >= 4 is 11.8 Å². The molecule has 0 unspecified atom stereocenters. The summed E-state index contributed by atoms with van der Waals surface area (Å²) < 4.78 is 5.36. The number of carbonyl (C=O) groups is 1. The molecule has 0 atom stereocenters. The second-order valence-corrected chi connectivity index (χ2v) is 4.98. The molecule has 0 saturated carbocycles. The molecule has 3 aromatic rings. The number of carboxylic acid groups (broad SMARTS) is 1. The number of hydrogen-bond acceptors (Lipinski definition) is 5. The Bertz CT molecular complexity index is 840. The molecule has 0 aliphatic rings. The van der Waals surface area contributed by atoms with Gasteiger partial charge in [0, 0.05) is 12.1 Å². The lowest BCUT2D eigenvalue weighted by molar-refractivity contribution is 0.0697. The van der Waals surface area contributed by atoms with Crippen molar-refractivity contribution in [3.63, 3.8) is 0 Å². The van der Waals surface area contributed by atoms with Crippen LogP contribution in [0, 0.1) is 0 Å². The van der Waals surface area contributed by atoms with Crippen molar-refractivity contribution in [1.29, 1.82) is 0 Å². The average Bonchev–Trinajstić information content (AvgIpc) is 3.08. The molecule has 23 heavy (non-hydrogen) atoms. The normalized spacial score (nSPS) is 10.7. The highest BCUT2D eigenvalue weighted by molar-refractivity contribution is 5.88. The van der Waals surface area contributed by atoms with Crippen LogP contribution in [0.25, 0.3) is 22.6 Å². The molecule has 3 rings (SSSR count). The molecule has 116 valence electrons. The zero-order valence-electron chi connectivity index (χ0n) is 12.2. The molecule has 0 bridgehead atoms. The molecule has 1 aromatic carbocycles. The first-order valence-corrected chi connectivity index (χ1v) is 6.97. The maximum Gasteiger partial charge on any atom is 0.335 e. The summed E-state index contributed by atoms with van der Waals surface area (Å²) in [6.45, 7) is 0.229. The number of hydrogen-bond donors (Lipinski definition) is 3. The molecule has 0 aliphatic heterocycles. The Kier molecular flexibility index (Phi) is 3.82. The molecular weight excluding hydrogens is 294 g/mol. The number of benzene rings is 1. The smallest absolute Gasteiger partial charge is 0.335 e. The molecule has 2 heterocycles. The molecule has 0 amide bonds. The molecular formula is C17H15N3O3. The predicted molar refractivity (Wildman–Crippen MR) is 86.6 cm³/mol. The van der Waals surface area contributed by atoms with E-state index in [1.54, 1.807) is 42.7 Å². The minimum Gasteiger partial charge on any atom is -0.478 e. The van der Waals surface area contributed by atoms with Crippen LogP contribution in [0.15, 0.2) is 53.1 Å². The van der Waals surface area contributed by atoms with Gasteiger partial charge in [-0.2, -0.15) is 0 Å². The highest BCUT2D eigenvalue weighted by Crippen LogP contribution is 2.31. The molecule has 6 heteroatoms. The van der Waals surface area contributed by atoms with Crippen LogP contribution in [0.3, 0.4) is 0 Å². The van der Waals surface area contributed by atoms with E-state index in [2.05, 4.69) is 4.98 Å². The van der Waals surface area contributed by atoms with Gasteiger partial charge in [-0.3, -0.25) is 0 Å². The number of aromatic nitrogens is 1. The third-order valence-corrected chi connectivity index (χ3v) is 3.58. The van der Waals surface area contributed by atoms with E-state index in [0.29, 0.717) is 22.8 Å². The van der Waals surface area contributed by atoms with Gasteiger partial charge in [0.25, 0.3) is 0 Å². The highest BCUT2D eigenvalue weighted by atomic mass is 16.4. The summed E-state index contributed by atoms with van der Waals surface area (Å²) in [5.41, 5.74) is 15.0. The van der Waals surface area contributed by atoms with E-state index >= 15 is 0 Å². The van der Waals surface area contributed by atoms with E-state index in [4.69, 9.17) is 21.0 Å². The van der Waals surface area contributed by atoms with Crippen LogP contribution in [-0.2, 0) is 6.54 Å². The number of carboxylic acids is 1. The number of pyridine rings is 1. The van der Waals surface area contributed by atoms with Gasteiger partial charge in [0.15, 0.2) is 5.76 Å². The molecule has 0 fully saturated rings. The standard InChI is InChI=1S/C17H15N3O3/c18-9-13-12(10-3-5-11(6-4-10)17(21)22)8-14(20-16(13)19)15-2-1-7-23-15/h1-8H,9,18H2,(H2,19,20)(H,21,22). The number of nitrogens with two attached hydrogens (primary N) is 2. The van der Waals surface area contributed by atoms with Gasteiger partial charge in [-0.1, -0.05) is 12.1 Å². The van der Waals surface area contributed by atoms with Crippen LogP contribution in [0.1, 0.15) is 15.9 Å². The minimum absolute atomic E-state index is 0.219. The van der Waals surface area contributed by atoms with E-state index in [1.807, 2.05) is 6.07 Å². The number of aromatic carboxylic acids is 1. The van der Waals surface area contributed by atoms with Crippen LogP contribution >= 0.6 is 0 Å². The van der Waals surface area contributed by atoms with E-state index in [9.17, 15) is 4.79 Å². The molecule has 0 aliphatic carbocycles. The highest BCUT2D eigenvalue weighted by Gasteiger charge is 2.14. The lowest BCUT2D eigenvalue weighted by atomic mass is 9.98. The van der Waals surface area contributed by atoms with Gasteiger partial charge in [0.2, 0.25) is 0 Å². The number of nitrogens with zero attached hydrogens (tertiary/aromatic N) is 1. The van der Waals surface area contributed by atoms with Gasteiger partial charge in [-0.25, -0.2) is 9.78 Å².